The van der Waals surface area contributed by atoms with Gasteiger partial charge in [-0.25, -0.2) is 8.37 Å². The van der Waals surface area contributed by atoms with Gasteiger partial charge >= 0.3 is 16.4 Å². The van der Waals surface area contributed by atoms with Crippen LogP contribution >= 0.6 is 0 Å². The lowest BCUT2D eigenvalue weighted by atomic mass is 10.00. The van der Waals surface area contributed by atoms with Crippen molar-refractivity contribution in [3.8, 4) is 0 Å². The Hall–Kier alpha value is -0.740. The molecule has 0 unspecified atom stereocenters. The Bertz CT molecular complexity index is 432. The lowest BCUT2D eigenvalue weighted by molar-refractivity contribution is -0.270. The number of methoxy groups -OCH3 is 1. The van der Waals surface area contributed by atoms with Gasteiger partial charge in [-0.2, -0.15) is 8.42 Å². The molecule has 2 fully saturated rings. The fourth-order valence-corrected chi connectivity index (χ4v) is 3.09. The molecule has 5 atom stereocenters. The van der Waals surface area contributed by atoms with Gasteiger partial charge in [0.1, 0.15) is 6.10 Å². The third-order valence-electron chi connectivity index (χ3n) is 2.72. The number of carbonyl (C=O) groups excluding carboxylic acids is 1. The molecular formula is C9H14O8S. The summed E-state index contributed by atoms with van der Waals surface area (Å²) in [6, 6.07) is 0. The first-order valence-corrected chi connectivity index (χ1v) is 6.64. The maximum atomic E-state index is 11.3. The molecule has 0 aliphatic carbocycles. The highest BCUT2D eigenvalue weighted by atomic mass is 32.3. The van der Waals surface area contributed by atoms with E-state index < -0.39 is 47.1 Å². The molecule has 2 aliphatic heterocycles. The van der Waals surface area contributed by atoms with Gasteiger partial charge in [-0.05, 0) is 6.92 Å². The van der Waals surface area contributed by atoms with Crippen LogP contribution < -0.4 is 0 Å². The Labute approximate surface area is 104 Å². The van der Waals surface area contributed by atoms with Crippen LogP contribution in [0, 0.1) is 0 Å². The first kappa shape index (κ1) is 13.7. The van der Waals surface area contributed by atoms with Gasteiger partial charge in [-0.15, -0.1) is 0 Å². The van der Waals surface area contributed by atoms with E-state index in [9.17, 15) is 13.2 Å². The number of ether oxygens (including phenoxy) is 3. The van der Waals surface area contributed by atoms with E-state index in [-0.39, 0.29) is 0 Å². The minimum absolute atomic E-state index is 0.566. The summed E-state index contributed by atoms with van der Waals surface area (Å²) in [6.45, 7) is 2.82. The van der Waals surface area contributed by atoms with Crippen molar-refractivity contribution in [3.05, 3.63) is 0 Å². The SMILES string of the molecule is CO[C@H]1O[C@H](C)[C@@H]2OS(=O)(=O)O[C@@H]2[C@H]1OC(C)=O. The van der Waals surface area contributed by atoms with Crippen LogP contribution in [0.2, 0.25) is 0 Å². The molecule has 18 heavy (non-hydrogen) atoms. The first-order chi connectivity index (χ1) is 8.34. The fraction of sp³-hybridized carbons (Fsp3) is 0.889. The van der Waals surface area contributed by atoms with E-state index in [0.29, 0.717) is 0 Å². The van der Waals surface area contributed by atoms with E-state index >= 15 is 0 Å². The molecule has 2 heterocycles. The summed E-state index contributed by atoms with van der Waals surface area (Å²) in [4.78, 5) is 11.0. The van der Waals surface area contributed by atoms with E-state index in [4.69, 9.17) is 22.6 Å². The summed E-state index contributed by atoms with van der Waals surface area (Å²) in [6.07, 6.45) is -4.28. The molecule has 0 N–H and O–H groups in total. The second-order valence-electron chi connectivity index (χ2n) is 4.05. The smallest absolute Gasteiger partial charge is 0.400 e. The van der Waals surface area contributed by atoms with Crippen molar-refractivity contribution in [2.75, 3.05) is 7.11 Å². The molecule has 2 aliphatic rings. The zero-order chi connectivity index (χ0) is 13.5. The normalized spacial score (nSPS) is 42.3. The Balaban J connectivity index is 2.26. The van der Waals surface area contributed by atoms with Crippen LogP contribution in [-0.2, 0) is 37.8 Å². The van der Waals surface area contributed by atoms with Crippen molar-refractivity contribution in [2.45, 2.75) is 44.6 Å². The summed E-state index contributed by atoms with van der Waals surface area (Å²) < 4.78 is 47.5. The van der Waals surface area contributed by atoms with Crippen molar-refractivity contribution in [3.63, 3.8) is 0 Å². The lowest BCUT2D eigenvalue weighted by Crippen LogP contribution is -2.57. The van der Waals surface area contributed by atoms with Crippen LogP contribution in [0.1, 0.15) is 13.8 Å². The van der Waals surface area contributed by atoms with E-state index in [1.54, 1.807) is 6.92 Å². The highest BCUT2D eigenvalue weighted by molar-refractivity contribution is 7.82. The summed E-state index contributed by atoms with van der Waals surface area (Å²) >= 11 is 0. The Kier molecular flexibility index (Phi) is 3.60. The molecule has 104 valence electrons. The summed E-state index contributed by atoms with van der Waals surface area (Å²) in [5.41, 5.74) is 0. The number of hydrogen-bond acceptors (Lipinski definition) is 8. The molecule has 0 radical (unpaired) electrons. The van der Waals surface area contributed by atoms with Crippen molar-refractivity contribution in [2.24, 2.45) is 0 Å². The molecule has 2 saturated heterocycles. The average Bonchev–Trinajstić information content (AvgIpc) is 2.58. The maximum absolute atomic E-state index is 11.3. The van der Waals surface area contributed by atoms with Gasteiger partial charge in [0.05, 0.1) is 6.10 Å². The first-order valence-electron chi connectivity index (χ1n) is 5.31. The minimum atomic E-state index is -4.09. The molecule has 0 aromatic rings. The van der Waals surface area contributed by atoms with Crippen LogP contribution in [0.5, 0.6) is 0 Å². The maximum Gasteiger partial charge on any atom is 0.400 e. The predicted molar refractivity (Wildman–Crippen MR) is 55.6 cm³/mol. The summed E-state index contributed by atoms with van der Waals surface area (Å²) in [5, 5.41) is 0. The van der Waals surface area contributed by atoms with Crippen LogP contribution in [0.25, 0.3) is 0 Å². The van der Waals surface area contributed by atoms with E-state index in [1.165, 1.54) is 14.0 Å². The number of hydrogen-bond donors (Lipinski definition) is 0. The number of carbonyl (C=O) groups is 1. The number of esters is 1. The minimum Gasteiger partial charge on any atom is -0.454 e. The van der Waals surface area contributed by atoms with Crippen LogP contribution in [0.4, 0.5) is 0 Å². The van der Waals surface area contributed by atoms with E-state index in [2.05, 4.69) is 0 Å². The molecule has 0 bridgehead atoms. The molecular weight excluding hydrogens is 268 g/mol. The second-order valence-corrected chi connectivity index (χ2v) is 5.25. The Morgan fingerprint density at radius 1 is 1.22 bits per heavy atom. The van der Waals surface area contributed by atoms with Crippen molar-refractivity contribution in [1.29, 1.82) is 0 Å². The van der Waals surface area contributed by atoms with Gasteiger partial charge in [-0.3, -0.25) is 4.79 Å². The van der Waals surface area contributed by atoms with Gasteiger partial charge in [-0.1, -0.05) is 0 Å². The van der Waals surface area contributed by atoms with Gasteiger partial charge in [0.25, 0.3) is 0 Å². The molecule has 2 rings (SSSR count). The Morgan fingerprint density at radius 3 is 2.39 bits per heavy atom. The third kappa shape index (κ3) is 2.50. The lowest BCUT2D eigenvalue weighted by Gasteiger charge is -2.38. The average molecular weight is 282 g/mol. The predicted octanol–water partition coefficient (Wildman–Crippen LogP) is -0.662. The van der Waals surface area contributed by atoms with Gasteiger partial charge in [0, 0.05) is 14.0 Å². The zero-order valence-electron chi connectivity index (χ0n) is 10.1. The third-order valence-corrected chi connectivity index (χ3v) is 3.64. The Morgan fingerprint density at radius 2 is 1.83 bits per heavy atom. The standard InChI is InChI=1S/C9H14O8S/c1-4-6-7(17-18(11,12)16-6)8(15-5(2)10)9(13-3)14-4/h4,6-9H,1-3H3/t4-,6+,7+,8-,9+/m1/s1. The zero-order valence-corrected chi connectivity index (χ0v) is 10.9. The quantitative estimate of drug-likeness (QED) is 0.616. The van der Waals surface area contributed by atoms with E-state index in [1.807, 2.05) is 0 Å². The fourth-order valence-electron chi connectivity index (χ4n) is 2.02. The summed E-state index contributed by atoms with van der Waals surface area (Å²) in [5.74, 6) is -0.591. The monoisotopic (exact) mass is 282 g/mol. The number of fused-ring (bicyclic) bond motifs is 1. The molecule has 8 nitrogen and oxygen atoms in total. The van der Waals surface area contributed by atoms with Crippen LogP contribution in [0.15, 0.2) is 0 Å². The van der Waals surface area contributed by atoms with Crippen molar-refractivity contribution < 1.29 is 35.8 Å². The molecule has 0 amide bonds. The van der Waals surface area contributed by atoms with Crippen LogP contribution in [-0.4, -0.2) is 52.2 Å². The summed E-state index contributed by atoms with van der Waals surface area (Å²) in [7, 11) is -2.73. The van der Waals surface area contributed by atoms with Gasteiger partial charge in [0.15, 0.2) is 18.5 Å². The highest BCUT2D eigenvalue weighted by Gasteiger charge is 2.56. The van der Waals surface area contributed by atoms with Gasteiger partial charge in [0.2, 0.25) is 0 Å². The second kappa shape index (κ2) is 4.74. The van der Waals surface area contributed by atoms with Crippen LogP contribution in [0.3, 0.4) is 0 Å². The van der Waals surface area contributed by atoms with Crippen molar-refractivity contribution in [1.82, 2.24) is 0 Å². The topological polar surface area (TPSA) is 97.4 Å². The highest BCUT2D eigenvalue weighted by Crippen LogP contribution is 2.35. The molecule has 0 saturated carbocycles. The molecule has 0 spiro atoms. The number of rotatable bonds is 2. The largest absolute Gasteiger partial charge is 0.454 e. The molecule has 9 heteroatoms. The van der Waals surface area contributed by atoms with Gasteiger partial charge < -0.3 is 14.2 Å². The molecule has 0 aromatic carbocycles. The van der Waals surface area contributed by atoms with Crippen molar-refractivity contribution >= 4 is 16.4 Å². The van der Waals surface area contributed by atoms with E-state index in [0.717, 1.165) is 0 Å². The molecule has 0 aromatic heterocycles.